The molecule has 4 rings (SSSR count). The van der Waals surface area contributed by atoms with Gasteiger partial charge in [-0.3, -0.25) is 4.57 Å². The number of nitrogen functional groups attached to an aromatic ring is 1. The molecule has 0 aliphatic heterocycles. The molecule has 3 aromatic rings. The minimum absolute atomic E-state index is 0.253. The summed E-state index contributed by atoms with van der Waals surface area (Å²) >= 11 is 3.41. The van der Waals surface area contributed by atoms with E-state index in [1.165, 1.54) is 6.07 Å². The van der Waals surface area contributed by atoms with Crippen LogP contribution in [-0.2, 0) is 0 Å². The van der Waals surface area contributed by atoms with Crippen LogP contribution >= 0.6 is 15.9 Å². The van der Waals surface area contributed by atoms with E-state index in [0.29, 0.717) is 17.3 Å². The van der Waals surface area contributed by atoms with Crippen LogP contribution in [0.25, 0.3) is 16.7 Å². The van der Waals surface area contributed by atoms with Gasteiger partial charge in [-0.1, -0.05) is 15.9 Å². The number of anilines is 1. The van der Waals surface area contributed by atoms with Crippen LogP contribution in [0.1, 0.15) is 24.6 Å². The minimum Gasteiger partial charge on any atom is -0.399 e. The Morgan fingerprint density at radius 3 is 2.76 bits per heavy atom. The van der Waals surface area contributed by atoms with E-state index in [1.807, 2.05) is 22.8 Å². The maximum absolute atomic E-state index is 14.3. The van der Waals surface area contributed by atoms with E-state index in [2.05, 4.69) is 20.9 Å². The van der Waals surface area contributed by atoms with Gasteiger partial charge in [-0.25, -0.2) is 9.37 Å². The Morgan fingerprint density at radius 2 is 2.00 bits per heavy atom. The molecule has 0 spiro atoms. The molecular formula is C16H13BrFN3. The lowest BCUT2D eigenvalue weighted by atomic mass is 10.2. The number of nitrogens with two attached hydrogens (primary N) is 1. The Bertz CT molecular complexity index is 852. The first-order valence-corrected chi connectivity index (χ1v) is 7.66. The predicted molar refractivity (Wildman–Crippen MR) is 85.1 cm³/mol. The zero-order valence-corrected chi connectivity index (χ0v) is 12.8. The predicted octanol–water partition coefficient (Wildman–Crippen LogP) is 4.39. The lowest BCUT2D eigenvalue weighted by molar-refractivity contribution is 0.616. The molecule has 0 atom stereocenters. The Labute approximate surface area is 129 Å². The van der Waals surface area contributed by atoms with Crippen molar-refractivity contribution in [1.29, 1.82) is 0 Å². The molecule has 0 unspecified atom stereocenters. The highest BCUT2D eigenvalue weighted by Gasteiger charge is 2.30. The third kappa shape index (κ3) is 2.12. The number of imidazole rings is 1. The van der Waals surface area contributed by atoms with Crippen molar-refractivity contribution in [3.63, 3.8) is 0 Å². The highest BCUT2D eigenvalue weighted by atomic mass is 79.9. The highest BCUT2D eigenvalue weighted by molar-refractivity contribution is 9.10. The molecule has 106 valence electrons. The summed E-state index contributed by atoms with van der Waals surface area (Å²) in [5.41, 5.74) is 8.74. The average molecular weight is 346 g/mol. The standard InChI is InChI=1S/C16H13BrFN3/c17-10-3-5-12(18)15(7-10)21-14-6-4-11(19)8-13(14)20-16(21)9-1-2-9/h3-9H,1-2,19H2. The van der Waals surface area contributed by atoms with Gasteiger partial charge in [0.15, 0.2) is 0 Å². The Balaban J connectivity index is 2.06. The second-order valence-corrected chi connectivity index (χ2v) is 6.34. The first kappa shape index (κ1) is 12.8. The number of rotatable bonds is 2. The molecular weight excluding hydrogens is 333 g/mol. The van der Waals surface area contributed by atoms with Gasteiger partial charge in [0, 0.05) is 16.1 Å². The average Bonchev–Trinajstić information content (AvgIpc) is 3.23. The fourth-order valence-electron chi connectivity index (χ4n) is 2.64. The van der Waals surface area contributed by atoms with Gasteiger partial charge in [0.2, 0.25) is 0 Å². The molecule has 0 bridgehead atoms. The van der Waals surface area contributed by atoms with Crippen LogP contribution < -0.4 is 5.73 Å². The first-order chi connectivity index (χ1) is 10.1. The quantitative estimate of drug-likeness (QED) is 0.700. The zero-order chi connectivity index (χ0) is 14.6. The number of halogens is 2. The van der Waals surface area contributed by atoms with Crippen LogP contribution in [0.4, 0.5) is 10.1 Å². The van der Waals surface area contributed by atoms with Gasteiger partial charge >= 0.3 is 0 Å². The third-order valence-corrected chi connectivity index (χ3v) is 4.29. The van der Waals surface area contributed by atoms with Gasteiger partial charge in [0.25, 0.3) is 0 Å². The summed E-state index contributed by atoms with van der Waals surface area (Å²) in [6.07, 6.45) is 2.21. The normalized spacial score (nSPS) is 14.8. The number of aromatic nitrogens is 2. The maximum atomic E-state index is 14.3. The van der Waals surface area contributed by atoms with E-state index in [-0.39, 0.29) is 5.82 Å². The lowest BCUT2D eigenvalue weighted by Gasteiger charge is -2.10. The molecule has 1 saturated carbocycles. The summed E-state index contributed by atoms with van der Waals surface area (Å²) in [4.78, 5) is 4.68. The monoisotopic (exact) mass is 345 g/mol. The molecule has 5 heteroatoms. The smallest absolute Gasteiger partial charge is 0.147 e. The largest absolute Gasteiger partial charge is 0.399 e. The summed E-state index contributed by atoms with van der Waals surface area (Å²) in [6, 6.07) is 10.5. The topological polar surface area (TPSA) is 43.8 Å². The SMILES string of the molecule is Nc1ccc2c(c1)nc(C1CC1)n2-c1cc(Br)ccc1F. The van der Waals surface area contributed by atoms with Crippen LogP contribution in [0.15, 0.2) is 40.9 Å². The van der Waals surface area contributed by atoms with Gasteiger partial charge < -0.3 is 5.73 Å². The fraction of sp³-hybridized carbons (Fsp3) is 0.188. The first-order valence-electron chi connectivity index (χ1n) is 6.87. The number of hydrogen-bond donors (Lipinski definition) is 1. The molecule has 0 radical (unpaired) electrons. The van der Waals surface area contributed by atoms with Gasteiger partial charge in [-0.05, 0) is 49.2 Å². The molecule has 2 N–H and O–H groups in total. The molecule has 21 heavy (non-hydrogen) atoms. The molecule has 2 aromatic carbocycles. The van der Waals surface area contributed by atoms with Crippen molar-refractivity contribution in [3.05, 3.63) is 52.5 Å². The number of hydrogen-bond acceptors (Lipinski definition) is 2. The Kier molecular flexibility index (Phi) is 2.79. The minimum atomic E-state index is -0.253. The molecule has 3 nitrogen and oxygen atoms in total. The summed E-state index contributed by atoms with van der Waals surface area (Å²) < 4.78 is 17.1. The molecule has 1 aromatic heterocycles. The van der Waals surface area contributed by atoms with Crippen molar-refractivity contribution in [2.45, 2.75) is 18.8 Å². The van der Waals surface area contributed by atoms with E-state index in [1.54, 1.807) is 12.1 Å². The fourth-order valence-corrected chi connectivity index (χ4v) is 2.99. The van der Waals surface area contributed by atoms with Crippen molar-refractivity contribution in [1.82, 2.24) is 9.55 Å². The van der Waals surface area contributed by atoms with E-state index >= 15 is 0 Å². The Hall–Kier alpha value is -1.88. The van der Waals surface area contributed by atoms with Crippen molar-refractivity contribution in [3.8, 4) is 5.69 Å². The number of fused-ring (bicyclic) bond motifs is 1. The van der Waals surface area contributed by atoms with Crippen LogP contribution in [0.3, 0.4) is 0 Å². The van der Waals surface area contributed by atoms with E-state index in [0.717, 1.165) is 34.2 Å². The van der Waals surface area contributed by atoms with Crippen LogP contribution in [0, 0.1) is 5.82 Å². The molecule has 1 fully saturated rings. The van der Waals surface area contributed by atoms with E-state index in [4.69, 9.17) is 5.73 Å². The zero-order valence-electron chi connectivity index (χ0n) is 11.2. The summed E-state index contributed by atoms with van der Waals surface area (Å²) in [6.45, 7) is 0. The summed E-state index contributed by atoms with van der Waals surface area (Å²) in [7, 11) is 0. The lowest BCUT2D eigenvalue weighted by Crippen LogP contribution is -2.02. The van der Waals surface area contributed by atoms with Gasteiger partial charge in [0.05, 0.1) is 16.7 Å². The number of nitrogens with zero attached hydrogens (tertiary/aromatic N) is 2. The van der Waals surface area contributed by atoms with Crippen molar-refractivity contribution >= 4 is 32.7 Å². The van der Waals surface area contributed by atoms with E-state index in [9.17, 15) is 4.39 Å². The highest BCUT2D eigenvalue weighted by Crippen LogP contribution is 2.42. The van der Waals surface area contributed by atoms with Gasteiger partial charge in [-0.15, -0.1) is 0 Å². The van der Waals surface area contributed by atoms with Crippen LogP contribution in [0.5, 0.6) is 0 Å². The van der Waals surface area contributed by atoms with Crippen LogP contribution in [0.2, 0.25) is 0 Å². The number of benzene rings is 2. The summed E-state index contributed by atoms with van der Waals surface area (Å²) in [5.74, 6) is 1.08. The maximum Gasteiger partial charge on any atom is 0.147 e. The van der Waals surface area contributed by atoms with Crippen molar-refractivity contribution < 1.29 is 4.39 Å². The second-order valence-electron chi connectivity index (χ2n) is 5.42. The van der Waals surface area contributed by atoms with Gasteiger partial charge in [-0.2, -0.15) is 0 Å². The van der Waals surface area contributed by atoms with Gasteiger partial charge in [0.1, 0.15) is 11.6 Å². The van der Waals surface area contributed by atoms with Crippen LogP contribution in [-0.4, -0.2) is 9.55 Å². The Morgan fingerprint density at radius 1 is 1.19 bits per heavy atom. The summed E-state index contributed by atoms with van der Waals surface area (Å²) in [5, 5.41) is 0. The molecule has 1 heterocycles. The van der Waals surface area contributed by atoms with Crippen molar-refractivity contribution in [2.24, 2.45) is 0 Å². The molecule has 1 aliphatic carbocycles. The second kappa shape index (κ2) is 4.56. The van der Waals surface area contributed by atoms with E-state index < -0.39 is 0 Å². The molecule has 0 saturated heterocycles. The molecule has 0 amide bonds. The molecule has 1 aliphatic rings. The third-order valence-electron chi connectivity index (χ3n) is 3.80. The van der Waals surface area contributed by atoms with Crippen molar-refractivity contribution in [2.75, 3.05) is 5.73 Å².